The summed E-state index contributed by atoms with van der Waals surface area (Å²) < 4.78 is 38.2. The molecule has 0 radical (unpaired) electrons. The largest absolute Gasteiger partial charge is 0.495 e. The average Bonchev–Trinajstić information content (AvgIpc) is 3.07. The molecule has 2 heterocycles. The molecule has 0 saturated heterocycles. The van der Waals surface area contributed by atoms with Crippen LogP contribution in [0.2, 0.25) is 10.0 Å². The van der Waals surface area contributed by atoms with Crippen molar-refractivity contribution in [3.63, 3.8) is 0 Å². The molecule has 4 rings (SSSR count). The van der Waals surface area contributed by atoms with Gasteiger partial charge in [-0.3, -0.25) is 0 Å². The van der Waals surface area contributed by atoms with E-state index in [2.05, 4.69) is 15.3 Å². The Morgan fingerprint density at radius 2 is 1.81 bits per heavy atom. The van der Waals surface area contributed by atoms with E-state index in [4.69, 9.17) is 38.4 Å². The van der Waals surface area contributed by atoms with Gasteiger partial charge in [0.25, 0.3) is 0 Å². The molecule has 3 aromatic rings. The number of anilines is 2. The number of nitrogens with two attached hydrogens (primary N) is 1. The van der Waals surface area contributed by atoms with Crippen molar-refractivity contribution in [3.8, 4) is 22.8 Å². The Kier molecular flexibility index (Phi) is 5.70. The summed E-state index contributed by atoms with van der Waals surface area (Å²) in [5.41, 5.74) is 6.67. The Morgan fingerprint density at radius 1 is 1.13 bits per heavy atom. The Bertz CT molecular complexity index is 1130. The lowest BCUT2D eigenvalue weighted by molar-refractivity contribution is 0.00852. The summed E-state index contributed by atoms with van der Waals surface area (Å²) in [6.07, 6.45) is 1.48. The molecule has 1 fully saturated rings. The van der Waals surface area contributed by atoms with Gasteiger partial charge >= 0.3 is 0 Å². The molecule has 10 heteroatoms. The van der Waals surface area contributed by atoms with Gasteiger partial charge in [0.15, 0.2) is 0 Å². The highest BCUT2D eigenvalue weighted by Gasteiger charge is 2.39. The molecule has 2 aromatic heterocycles. The van der Waals surface area contributed by atoms with Crippen LogP contribution in [0, 0.1) is 0 Å². The van der Waals surface area contributed by atoms with E-state index in [9.17, 15) is 8.78 Å². The minimum atomic E-state index is -2.70. The molecule has 0 bridgehead atoms. The quantitative estimate of drug-likeness (QED) is 0.492. The maximum Gasteiger partial charge on any atom is 0.250 e. The molecular formula is C21H20Cl2F2N4O2. The number of aromatic nitrogens is 2. The molecule has 1 atom stereocenters. The van der Waals surface area contributed by atoms with E-state index in [1.54, 1.807) is 24.4 Å². The van der Waals surface area contributed by atoms with Crippen molar-refractivity contribution >= 4 is 45.6 Å². The number of halogens is 4. The van der Waals surface area contributed by atoms with Gasteiger partial charge in [0.05, 0.1) is 30.0 Å². The van der Waals surface area contributed by atoms with E-state index in [-0.39, 0.29) is 22.9 Å². The predicted octanol–water partition coefficient (Wildman–Crippen LogP) is 5.80. The van der Waals surface area contributed by atoms with E-state index in [1.165, 1.54) is 14.2 Å². The fraction of sp³-hybridized carbons (Fsp3) is 0.333. The van der Waals surface area contributed by atoms with Crippen LogP contribution in [0.15, 0.2) is 24.4 Å². The minimum Gasteiger partial charge on any atom is -0.495 e. The average molecular weight is 469 g/mol. The molecule has 0 spiro atoms. The number of methoxy groups -OCH3 is 2. The maximum atomic E-state index is 13.7. The number of ether oxygens (including phenoxy) is 2. The van der Waals surface area contributed by atoms with E-state index in [1.807, 2.05) is 0 Å². The van der Waals surface area contributed by atoms with Crippen molar-refractivity contribution in [1.29, 1.82) is 0 Å². The summed E-state index contributed by atoms with van der Waals surface area (Å²) in [7, 11) is 2.96. The lowest BCUT2D eigenvalue weighted by Crippen LogP contribution is -2.20. The number of rotatable bonds is 5. The van der Waals surface area contributed by atoms with Crippen LogP contribution < -0.4 is 20.5 Å². The Labute approximate surface area is 187 Å². The minimum absolute atomic E-state index is 0.170. The van der Waals surface area contributed by atoms with E-state index in [0.29, 0.717) is 51.6 Å². The first-order valence-electron chi connectivity index (χ1n) is 9.53. The maximum absolute atomic E-state index is 13.7. The highest BCUT2D eigenvalue weighted by atomic mass is 35.5. The van der Waals surface area contributed by atoms with Gasteiger partial charge < -0.3 is 20.5 Å². The second-order valence-electron chi connectivity index (χ2n) is 7.41. The molecule has 1 aliphatic carbocycles. The number of hydrogen-bond acceptors (Lipinski definition) is 6. The summed E-state index contributed by atoms with van der Waals surface area (Å²) in [5.74, 6) is -1.28. The van der Waals surface area contributed by atoms with Gasteiger partial charge in [-0.15, -0.1) is 0 Å². The lowest BCUT2D eigenvalue weighted by atomic mass is 10.1. The fourth-order valence-electron chi connectivity index (χ4n) is 3.78. The summed E-state index contributed by atoms with van der Waals surface area (Å²) in [4.78, 5) is 8.81. The summed E-state index contributed by atoms with van der Waals surface area (Å²) in [6.45, 7) is 0. The summed E-state index contributed by atoms with van der Waals surface area (Å²) >= 11 is 13.1. The number of benzene rings is 1. The Morgan fingerprint density at radius 3 is 2.39 bits per heavy atom. The zero-order valence-electron chi connectivity index (χ0n) is 16.8. The number of hydrogen-bond donors (Lipinski definition) is 2. The number of nitrogens with one attached hydrogen (secondary N) is 1. The topological polar surface area (TPSA) is 82.3 Å². The summed E-state index contributed by atoms with van der Waals surface area (Å²) in [5, 5.41) is 5.01. The normalized spacial score (nSPS) is 17.7. The van der Waals surface area contributed by atoms with Crippen LogP contribution in [0.4, 0.5) is 20.4 Å². The van der Waals surface area contributed by atoms with E-state index >= 15 is 0 Å². The second-order valence-corrected chi connectivity index (χ2v) is 8.17. The van der Waals surface area contributed by atoms with Crippen LogP contribution in [0.5, 0.6) is 11.5 Å². The van der Waals surface area contributed by atoms with Crippen molar-refractivity contribution < 1.29 is 18.3 Å². The molecule has 1 unspecified atom stereocenters. The number of nitrogens with zero attached hydrogens (tertiary/aromatic N) is 2. The zero-order chi connectivity index (χ0) is 22.3. The van der Waals surface area contributed by atoms with Gasteiger partial charge in [-0.1, -0.05) is 23.2 Å². The van der Waals surface area contributed by atoms with Crippen molar-refractivity contribution in [1.82, 2.24) is 9.97 Å². The van der Waals surface area contributed by atoms with Crippen LogP contribution in [-0.2, 0) is 0 Å². The predicted molar refractivity (Wildman–Crippen MR) is 119 cm³/mol. The molecule has 31 heavy (non-hydrogen) atoms. The second kappa shape index (κ2) is 8.16. The number of fused-ring (bicyclic) bond motifs is 1. The van der Waals surface area contributed by atoms with Gasteiger partial charge in [-0.2, -0.15) is 0 Å². The van der Waals surface area contributed by atoms with E-state index < -0.39 is 12.0 Å². The van der Waals surface area contributed by atoms with Gasteiger partial charge in [0.1, 0.15) is 23.1 Å². The van der Waals surface area contributed by atoms with Crippen molar-refractivity contribution in [3.05, 3.63) is 34.4 Å². The standard InChI is InChI=1S/C21H20Cl2F2N4O2/c1-30-14-7-15(31-2)19(23)17(18(14)22)13-5-10-9-27-16(26)6-12(10)20(29-13)28-11-3-4-21(24,25)8-11/h5-7,9,11H,3-4,8H2,1-2H3,(H2,26,27)(H,28,29). The van der Waals surface area contributed by atoms with Crippen LogP contribution in [0.3, 0.4) is 0 Å². The van der Waals surface area contributed by atoms with E-state index in [0.717, 1.165) is 0 Å². The van der Waals surface area contributed by atoms with Gasteiger partial charge in [0.2, 0.25) is 5.92 Å². The Hall–Kier alpha value is -2.58. The fourth-order valence-corrected chi connectivity index (χ4v) is 4.47. The highest BCUT2D eigenvalue weighted by molar-refractivity contribution is 6.41. The summed E-state index contributed by atoms with van der Waals surface area (Å²) in [6, 6.07) is 4.55. The molecule has 0 amide bonds. The lowest BCUT2D eigenvalue weighted by Gasteiger charge is -2.19. The van der Waals surface area contributed by atoms with Crippen LogP contribution in [-0.4, -0.2) is 36.2 Å². The van der Waals surface area contributed by atoms with Gasteiger partial charge in [0, 0.05) is 47.5 Å². The smallest absolute Gasteiger partial charge is 0.250 e. The third kappa shape index (κ3) is 4.14. The van der Waals surface area contributed by atoms with Crippen LogP contribution >= 0.6 is 23.2 Å². The first-order chi connectivity index (χ1) is 14.7. The number of alkyl halides is 2. The molecule has 1 aromatic carbocycles. The van der Waals surface area contributed by atoms with Crippen molar-refractivity contribution in [2.45, 2.75) is 31.2 Å². The molecule has 1 aliphatic rings. The number of nitrogen functional groups attached to an aromatic ring is 1. The third-order valence-electron chi connectivity index (χ3n) is 5.31. The molecular weight excluding hydrogens is 449 g/mol. The molecule has 1 saturated carbocycles. The highest BCUT2D eigenvalue weighted by Crippen LogP contribution is 2.46. The van der Waals surface area contributed by atoms with Crippen molar-refractivity contribution in [2.24, 2.45) is 0 Å². The van der Waals surface area contributed by atoms with Crippen LogP contribution in [0.1, 0.15) is 19.3 Å². The Balaban J connectivity index is 1.90. The molecule has 6 nitrogen and oxygen atoms in total. The van der Waals surface area contributed by atoms with Crippen LogP contribution in [0.25, 0.3) is 22.0 Å². The SMILES string of the molecule is COc1cc(OC)c(Cl)c(-c2cc3cnc(N)cc3c(NC3CCC(F)(F)C3)n2)c1Cl. The zero-order valence-corrected chi connectivity index (χ0v) is 18.3. The molecule has 3 N–H and O–H groups in total. The van der Waals surface area contributed by atoms with Crippen molar-refractivity contribution in [2.75, 3.05) is 25.3 Å². The first kappa shape index (κ1) is 21.6. The molecule has 164 valence electrons. The van der Waals surface area contributed by atoms with Gasteiger partial charge in [-0.05, 0) is 18.6 Å². The third-order valence-corrected chi connectivity index (χ3v) is 6.06. The molecule has 0 aliphatic heterocycles. The monoisotopic (exact) mass is 468 g/mol. The first-order valence-corrected chi connectivity index (χ1v) is 10.3. The number of pyridine rings is 2. The van der Waals surface area contributed by atoms with Gasteiger partial charge in [-0.25, -0.2) is 18.7 Å².